The van der Waals surface area contributed by atoms with Crippen LogP contribution in [0.15, 0.2) is 0 Å². The molecule has 0 atom stereocenters. The van der Waals surface area contributed by atoms with E-state index in [2.05, 4.69) is 24.1 Å². The van der Waals surface area contributed by atoms with Crippen LogP contribution in [0.25, 0.3) is 0 Å². The number of aliphatic hydroxyl groups excluding tert-OH is 1. The van der Waals surface area contributed by atoms with E-state index < -0.39 is 0 Å². The first-order chi connectivity index (χ1) is 12.2. The summed E-state index contributed by atoms with van der Waals surface area (Å²) in [4.78, 5) is 14.2. The van der Waals surface area contributed by atoms with Gasteiger partial charge in [-0.2, -0.15) is 0 Å². The number of carbonyl (C=O) groups excluding carboxylic acids is 1. The van der Waals surface area contributed by atoms with Gasteiger partial charge >= 0.3 is 0 Å². The summed E-state index contributed by atoms with van der Waals surface area (Å²) in [6.45, 7) is 8.50. The fourth-order valence-electron chi connectivity index (χ4n) is 3.16. The zero-order valence-corrected chi connectivity index (χ0v) is 17.0. The van der Waals surface area contributed by atoms with Gasteiger partial charge in [-0.25, -0.2) is 0 Å². The highest BCUT2D eigenvalue weighted by Gasteiger charge is 2.04. The van der Waals surface area contributed by atoms with Gasteiger partial charge in [0.25, 0.3) is 0 Å². The van der Waals surface area contributed by atoms with Gasteiger partial charge in [0.05, 0.1) is 0 Å². The van der Waals surface area contributed by atoms with Crippen LogP contribution in [0.1, 0.15) is 97.3 Å². The molecule has 0 heterocycles. The van der Waals surface area contributed by atoms with Crippen molar-refractivity contribution in [1.82, 2.24) is 10.2 Å². The highest BCUT2D eigenvalue weighted by Crippen LogP contribution is 2.10. The van der Waals surface area contributed by atoms with E-state index in [0.717, 1.165) is 51.9 Å². The Labute approximate surface area is 156 Å². The van der Waals surface area contributed by atoms with Crippen molar-refractivity contribution in [3.63, 3.8) is 0 Å². The fraction of sp³-hybridized carbons (Fsp3) is 0.952. The molecule has 0 bridgehead atoms. The minimum Gasteiger partial charge on any atom is -0.396 e. The van der Waals surface area contributed by atoms with E-state index in [1.165, 1.54) is 51.4 Å². The molecule has 0 aliphatic rings. The molecular formula is C21H44N2O2. The SMILES string of the molecule is CCCCCCCCCCCC(=O)NCCCN(CCC)CCCO. The summed E-state index contributed by atoms with van der Waals surface area (Å²) in [6, 6.07) is 0. The maximum Gasteiger partial charge on any atom is 0.219 e. The number of amides is 1. The summed E-state index contributed by atoms with van der Waals surface area (Å²) in [5.74, 6) is 0.209. The molecular weight excluding hydrogens is 312 g/mol. The Morgan fingerprint density at radius 3 is 1.96 bits per heavy atom. The zero-order valence-electron chi connectivity index (χ0n) is 17.0. The molecule has 0 aliphatic carbocycles. The Morgan fingerprint density at radius 1 is 0.760 bits per heavy atom. The summed E-state index contributed by atoms with van der Waals surface area (Å²) in [5, 5.41) is 12.0. The predicted molar refractivity (Wildman–Crippen MR) is 108 cm³/mol. The molecule has 25 heavy (non-hydrogen) atoms. The van der Waals surface area contributed by atoms with Crippen molar-refractivity contribution >= 4 is 5.91 Å². The molecule has 1 amide bonds. The second kappa shape index (κ2) is 19.7. The molecule has 4 heteroatoms. The quantitative estimate of drug-likeness (QED) is 0.335. The molecule has 0 rings (SSSR count). The summed E-state index contributed by atoms with van der Waals surface area (Å²) in [6.07, 6.45) is 15.3. The first kappa shape index (κ1) is 24.4. The average molecular weight is 357 g/mol. The Balaban J connectivity index is 3.42. The minimum absolute atomic E-state index is 0.209. The Morgan fingerprint density at radius 2 is 1.36 bits per heavy atom. The lowest BCUT2D eigenvalue weighted by molar-refractivity contribution is -0.121. The number of nitrogens with zero attached hydrogens (tertiary/aromatic N) is 1. The first-order valence-electron chi connectivity index (χ1n) is 10.8. The van der Waals surface area contributed by atoms with Crippen LogP contribution in [0, 0.1) is 0 Å². The number of aliphatic hydroxyl groups is 1. The predicted octanol–water partition coefficient (Wildman–Crippen LogP) is 4.51. The molecule has 2 N–H and O–H groups in total. The molecule has 0 radical (unpaired) electrons. The largest absolute Gasteiger partial charge is 0.396 e. The van der Waals surface area contributed by atoms with Gasteiger partial charge in [-0.15, -0.1) is 0 Å². The first-order valence-corrected chi connectivity index (χ1v) is 10.8. The van der Waals surface area contributed by atoms with Crippen molar-refractivity contribution < 1.29 is 9.90 Å². The van der Waals surface area contributed by atoms with Gasteiger partial charge in [0.2, 0.25) is 5.91 Å². The summed E-state index contributed by atoms with van der Waals surface area (Å²) in [5.41, 5.74) is 0. The van der Waals surface area contributed by atoms with Gasteiger partial charge in [0.1, 0.15) is 0 Å². The van der Waals surface area contributed by atoms with Crippen molar-refractivity contribution in [3.05, 3.63) is 0 Å². The van der Waals surface area contributed by atoms with Crippen molar-refractivity contribution in [2.75, 3.05) is 32.8 Å². The van der Waals surface area contributed by atoms with E-state index in [9.17, 15) is 4.79 Å². The summed E-state index contributed by atoms with van der Waals surface area (Å²) in [7, 11) is 0. The van der Waals surface area contributed by atoms with Crippen LogP contribution in [0.5, 0.6) is 0 Å². The molecule has 0 aromatic heterocycles. The lowest BCUT2D eigenvalue weighted by atomic mass is 10.1. The monoisotopic (exact) mass is 356 g/mol. The van der Waals surface area contributed by atoms with Crippen LogP contribution in [0.4, 0.5) is 0 Å². The number of carbonyl (C=O) groups is 1. The lowest BCUT2D eigenvalue weighted by Crippen LogP contribution is -2.31. The topological polar surface area (TPSA) is 52.6 Å². The highest BCUT2D eigenvalue weighted by molar-refractivity contribution is 5.75. The van der Waals surface area contributed by atoms with E-state index in [-0.39, 0.29) is 12.5 Å². The van der Waals surface area contributed by atoms with Crippen molar-refractivity contribution in [3.8, 4) is 0 Å². The van der Waals surface area contributed by atoms with E-state index in [4.69, 9.17) is 5.11 Å². The minimum atomic E-state index is 0.209. The van der Waals surface area contributed by atoms with E-state index >= 15 is 0 Å². The molecule has 0 aromatic carbocycles. The van der Waals surface area contributed by atoms with E-state index in [1.807, 2.05) is 0 Å². The van der Waals surface area contributed by atoms with Crippen LogP contribution in [-0.2, 0) is 4.79 Å². The Kier molecular flexibility index (Phi) is 19.2. The molecule has 0 unspecified atom stereocenters. The third-order valence-electron chi connectivity index (χ3n) is 4.65. The fourth-order valence-corrected chi connectivity index (χ4v) is 3.16. The van der Waals surface area contributed by atoms with Gasteiger partial charge < -0.3 is 15.3 Å². The zero-order chi connectivity index (χ0) is 18.6. The van der Waals surface area contributed by atoms with Gasteiger partial charge in [0, 0.05) is 26.1 Å². The van der Waals surface area contributed by atoms with Gasteiger partial charge in [-0.1, -0.05) is 65.2 Å². The number of hydrogen-bond acceptors (Lipinski definition) is 3. The second-order valence-electron chi connectivity index (χ2n) is 7.20. The Bertz CT molecular complexity index is 285. The number of nitrogens with one attached hydrogen (secondary N) is 1. The van der Waals surface area contributed by atoms with Crippen LogP contribution in [0.3, 0.4) is 0 Å². The number of hydrogen-bond donors (Lipinski definition) is 2. The van der Waals surface area contributed by atoms with Crippen LogP contribution in [0.2, 0.25) is 0 Å². The molecule has 150 valence electrons. The van der Waals surface area contributed by atoms with Crippen LogP contribution in [-0.4, -0.2) is 48.7 Å². The summed E-state index contributed by atoms with van der Waals surface area (Å²) >= 11 is 0. The van der Waals surface area contributed by atoms with E-state index in [1.54, 1.807) is 0 Å². The normalized spacial score (nSPS) is 11.2. The number of unbranched alkanes of at least 4 members (excludes halogenated alkanes) is 8. The molecule has 0 aliphatic heterocycles. The number of rotatable bonds is 19. The molecule has 0 fully saturated rings. The van der Waals surface area contributed by atoms with Gasteiger partial charge in [-0.05, 0) is 38.8 Å². The second-order valence-corrected chi connectivity index (χ2v) is 7.20. The maximum atomic E-state index is 11.8. The van der Waals surface area contributed by atoms with Gasteiger partial charge in [-0.3, -0.25) is 4.79 Å². The third-order valence-corrected chi connectivity index (χ3v) is 4.65. The maximum absolute atomic E-state index is 11.8. The van der Waals surface area contributed by atoms with Gasteiger partial charge in [0.15, 0.2) is 0 Å². The van der Waals surface area contributed by atoms with Crippen LogP contribution >= 0.6 is 0 Å². The van der Waals surface area contributed by atoms with Crippen LogP contribution < -0.4 is 5.32 Å². The van der Waals surface area contributed by atoms with E-state index in [0.29, 0.717) is 6.42 Å². The standard InChI is InChI=1S/C21H44N2O2/c1-3-5-6-7-8-9-10-11-12-15-21(25)22-16-13-18-23(17-4-2)19-14-20-24/h24H,3-20H2,1-2H3,(H,22,25). The lowest BCUT2D eigenvalue weighted by Gasteiger charge is -2.21. The average Bonchev–Trinajstić information content (AvgIpc) is 2.61. The van der Waals surface area contributed by atoms with Crippen molar-refractivity contribution in [1.29, 1.82) is 0 Å². The Hall–Kier alpha value is -0.610. The smallest absolute Gasteiger partial charge is 0.219 e. The molecule has 0 spiro atoms. The van der Waals surface area contributed by atoms with Crippen molar-refractivity contribution in [2.45, 2.75) is 97.3 Å². The third kappa shape index (κ3) is 18.0. The summed E-state index contributed by atoms with van der Waals surface area (Å²) < 4.78 is 0. The van der Waals surface area contributed by atoms with Crippen molar-refractivity contribution in [2.24, 2.45) is 0 Å². The highest BCUT2D eigenvalue weighted by atomic mass is 16.3. The molecule has 0 saturated carbocycles. The molecule has 0 saturated heterocycles. The molecule has 4 nitrogen and oxygen atoms in total. The molecule has 0 aromatic rings.